The van der Waals surface area contributed by atoms with Gasteiger partial charge in [-0.1, -0.05) is 23.2 Å². The Morgan fingerprint density at radius 2 is 2.19 bits per heavy atom. The van der Waals surface area contributed by atoms with E-state index in [9.17, 15) is 10.1 Å². The van der Waals surface area contributed by atoms with Crippen LogP contribution in [0.2, 0.25) is 10.0 Å². The second-order valence-electron chi connectivity index (χ2n) is 4.26. The smallest absolute Gasteiger partial charge is 0.225 e. The first-order chi connectivity index (χ1) is 9.99. The lowest BCUT2D eigenvalue weighted by Crippen LogP contribution is -2.30. The lowest BCUT2D eigenvalue weighted by Gasteiger charge is -2.21. The third-order valence-electron chi connectivity index (χ3n) is 2.95. The van der Waals surface area contributed by atoms with Gasteiger partial charge in [-0.05, 0) is 25.1 Å². The van der Waals surface area contributed by atoms with Crippen molar-refractivity contribution in [2.75, 3.05) is 11.4 Å². The second-order valence-corrected chi connectivity index (χ2v) is 5.11. The Morgan fingerprint density at radius 1 is 1.48 bits per heavy atom. The zero-order valence-electron chi connectivity index (χ0n) is 11.5. The van der Waals surface area contributed by atoms with E-state index < -0.39 is 0 Å². The van der Waals surface area contributed by atoms with Crippen LogP contribution >= 0.6 is 23.2 Å². The van der Waals surface area contributed by atoms with Gasteiger partial charge in [0, 0.05) is 18.5 Å². The Bertz CT molecular complexity index is 733. The minimum Gasteiger partial charge on any atom is -0.296 e. The van der Waals surface area contributed by atoms with Crippen LogP contribution < -0.4 is 4.90 Å². The minimum atomic E-state index is -0.180. The first-order valence-corrected chi connectivity index (χ1v) is 6.96. The van der Waals surface area contributed by atoms with Gasteiger partial charge in [0.15, 0.2) is 5.82 Å². The summed E-state index contributed by atoms with van der Waals surface area (Å²) in [6, 6.07) is 6.98. The molecule has 0 aliphatic carbocycles. The summed E-state index contributed by atoms with van der Waals surface area (Å²) in [5.74, 6) is 0.220. The average molecular weight is 323 g/mol. The molecule has 2 aromatic rings. The van der Waals surface area contributed by atoms with Gasteiger partial charge in [-0.2, -0.15) is 10.4 Å². The molecule has 108 valence electrons. The fraction of sp³-hybridized carbons (Fsp3) is 0.214. The molecule has 2 rings (SSSR count). The fourth-order valence-corrected chi connectivity index (χ4v) is 2.52. The summed E-state index contributed by atoms with van der Waals surface area (Å²) in [7, 11) is 0. The molecule has 0 aliphatic heterocycles. The van der Waals surface area contributed by atoms with Crippen LogP contribution in [0.5, 0.6) is 0 Å². The number of amides is 1. The van der Waals surface area contributed by atoms with Crippen LogP contribution in [-0.4, -0.2) is 22.2 Å². The quantitative estimate of drug-likeness (QED) is 0.869. The molecule has 1 amide bonds. The highest BCUT2D eigenvalue weighted by molar-refractivity contribution is 6.35. The maximum absolute atomic E-state index is 11.8. The zero-order chi connectivity index (χ0) is 15.6. The standard InChI is InChI=1S/C14H12Cl2N4O/c1-3-19(9(2)21)14-10(7-17)8-18-20(14)13-5-4-11(15)6-12(13)16/h4-6,8H,3H2,1-2H3. The first-order valence-electron chi connectivity index (χ1n) is 6.21. The molecule has 1 aromatic carbocycles. The molecule has 0 spiro atoms. The SMILES string of the molecule is CCN(C(C)=O)c1c(C#N)cnn1-c1ccc(Cl)cc1Cl. The van der Waals surface area contributed by atoms with E-state index in [1.54, 1.807) is 18.2 Å². The van der Waals surface area contributed by atoms with Crippen molar-refractivity contribution in [3.05, 3.63) is 40.0 Å². The molecule has 21 heavy (non-hydrogen) atoms. The van der Waals surface area contributed by atoms with Crippen LogP contribution in [0.1, 0.15) is 19.4 Å². The van der Waals surface area contributed by atoms with Gasteiger partial charge in [-0.25, -0.2) is 4.68 Å². The highest BCUT2D eigenvalue weighted by atomic mass is 35.5. The van der Waals surface area contributed by atoms with Crippen molar-refractivity contribution in [2.45, 2.75) is 13.8 Å². The van der Waals surface area contributed by atoms with E-state index in [2.05, 4.69) is 5.10 Å². The third-order valence-corrected chi connectivity index (χ3v) is 3.49. The summed E-state index contributed by atoms with van der Waals surface area (Å²) in [5, 5.41) is 14.3. The molecule has 0 saturated carbocycles. The predicted octanol–water partition coefficient (Wildman–Crippen LogP) is 3.42. The minimum absolute atomic E-state index is 0.180. The Hall–Kier alpha value is -2.03. The lowest BCUT2D eigenvalue weighted by atomic mass is 10.3. The highest BCUT2D eigenvalue weighted by Crippen LogP contribution is 2.29. The zero-order valence-corrected chi connectivity index (χ0v) is 13.0. The molecule has 5 nitrogen and oxygen atoms in total. The Labute approximate surface area is 132 Å². The second kappa shape index (κ2) is 6.17. The van der Waals surface area contributed by atoms with Crippen molar-refractivity contribution in [1.82, 2.24) is 9.78 Å². The number of aromatic nitrogens is 2. The molecular formula is C14H12Cl2N4O. The van der Waals surface area contributed by atoms with E-state index in [4.69, 9.17) is 23.2 Å². The van der Waals surface area contributed by atoms with Crippen molar-refractivity contribution < 1.29 is 4.79 Å². The van der Waals surface area contributed by atoms with E-state index in [-0.39, 0.29) is 5.91 Å². The molecule has 1 heterocycles. The monoisotopic (exact) mass is 322 g/mol. The molecule has 0 saturated heterocycles. The van der Waals surface area contributed by atoms with Crippen molar-refractivity contribution in [3.63, 3.8) is 0 Å². The molecule has 0 unspecified atom stereocenters. The predicted molar refractivity (Wildman–Crippen MR) is 82.0 cm³/mol. The van der Waals surface area contributed by atoms with E-state index >= 15 is 0 Å². The number of carbonyl (C=O) groups excluding carboxylic acids is 1. The molecule has 0 aliphatic rings. The van der Waals surface area contributed by atoms with E-state index in [0.29, 0.717) is 33.7 Å². The number of anilines is 1. The molecule has 0 N–H and O–H groups in total. The molecule has 0 atom stereocenters. The molecule has 0 radical (unpaired) electrons. The average Bonchev–Trinajstić information content (AvgIpc) is 2.83. The topological polar surface area (TPSA) is 61.9 Å². The summed E-state index contributed by atoms with van der Waals surface area (Å²) in [6.45, 7) is 3.68. The number of rotatable bonds is 3. The summed E-state index contributed by atoms with van der Waals surface area (Å²) in [6.07, 6.45) is 1.41. The molecule has 1 aromatic heterocycles. The van der Waals surface area contributed by atoms with Crippen LogP contribution in [-0.2, 0) is 4.79 Å². The van der Waals surface area contributed by atoms with Crippen LogP contribution in [0, 0.1) is 11.3 Å². The van der Waals surface area contributed by atoms with Crippen molar-refractivity contribution in [3.8, 4) is 11.8 Å². The maximum Gasteiger partial charge on any atom is 0.225 e. The van der Waals surface area contributed by atoms with E-state index in [1.807, 2.05) is 13.0 Å². The van der Waals surface area contributed by atoms with Gasteiger partial charge in [0.05, 0.1) is 16.9 Å². The number of hydrogen-bond acceptors (Lipinski definition) is 3. The number of halogens is 2. The summed E-state index contributed by atoms with van der Waals surface area (Å²) in [4.78, 5) is 13.3. The molecule has 7 heteroatoms. The molecule has 0 bridgehead atoms. The third kappa shape index (κ3) is 2.87. The van der Waals surface area contributed by atoms with Crippen LogP contribution in [0.15, 0.2) is 24.4 Å². The fourth-order valence-electron chi connectivity index (χ4n) is 2.03. The van der Waals surface area contributed by atoms with Crippen LogP contribution in [0.25, 0.3) is 5.69 Å². The first kappa shape index (κ1) is 15.4. The number of carbonyl (C=O) groups is 1. The highest BCUT2D eigenvalue weighted by Gasteiger charge is 2.22. The van der Waals surface area contributed by atoms with Gasteiger partial charge in [-0.15, -0.1) is 0 Å². The summed E-state index contributed by atoms with van der Waals surface area (Å²) in [5.41, 5.74) is 0.857. The Morgan fingerprint density at radius 3 is 2.71 bits per heavy atom. The largest absolute Gasteiger partial charge is 0.296 e. The van der Waals surface area contributed by atoms with E-state index in [0.717, 1.165) is 0 Å². The van der Waals surface area contributed by atoms with Gasteiger partial charge < -0.3 is 0 Å². The summed E-state index contributed by atoms with van der Waals surface area (Å²) < 4.78 is 1.47. The molecular weight excluding hydrogens is 311 g/mol. The van der Waals surface area contributed by atoms with Crippen molar-refractivity contribution >= 4 is 34.9 Å². The lowest BCUT2D eigenvalue weighted by molar-refractivity contribution is -0.116. The van der Waals surface area contributed by atoms with Crippen molar-refractivity contribution in [2.24, 2.45) is 0 Å². The number of hydrogen-bond donors (Lipinski definition) is 0. The van der Waals surface area contributed by atoms with Gasteiger partial charge in [-0.3, -0.25) is 9.69 Å². The van der Waals surface area contributed by atoms with Gasteiger partial charge >= 0.3 is 0 Å². The maximum atomic E-state index is 11.8. The number of benzene rings is 1. The number of nitriles is 1. The van der Waals surface area contributed by atoms with Crippen LogP contribution in [0.3, 0.4) is 0 Å². The van der Waals surface area contributed by atoms with Gasteiger partial charge in [0.1, 0.15) is 11.6 Å². The van der Waals surface area contributed by atoms with Crippen molar-refractivity contribution in [1.29, 1.82) is 5.26 Å². The van der Waals surface area contributed by atoms with Gasteiger partial charge in [0.25, 0.3) is 0 Å². The van der Waals surface area contributed by atoms with Gasteiger partial charge in [0.2, 0.25) is 5.91 Å². The number of nitrogens with zero attached hydrogens (tertiary/aromatic N) is 4. The Kier molecular flexibility index (Phi) is 4.51. The normalized spacial score (nSPS) is 10.2. The van der Waals surface area contributed by atoms with E-state index in [1.165, 1.54) is 22.7 Å². The molecule has 0 fully saturated rings. The summed E-state index contributed by atoms with van der Waals surface area (Å²) >= 11 is 12.1. The Balaban J connectivity index is 2.68. The van der Waals surface area contributed by atoms with Crippen LogP contribution in [0.4, 0.5) is 5.82 Å².